The number of hydrogen-bond acceptors (Lipinski definition) is 4. The lowest BCUT2D eigenvalue weighted by atomic mass is 9.86. The van der Waals surface area contributed by atoms with Gasteiger partial charge in [-0.3, -0.25) is 4.79 Å². The van der Waals surface area contributed by atoms with Gasteiger partial charge in [0.1, 0.15) is 24.4 Å². The third-order valence-corrected chi connectivity index (χ3v) is 7.89. The second-order valence-corrected chi connectivity index (χ2v) is 11.2. The Balaban J connectivity index is 1.33. The normalized spacial score (nSPS) is 16.8. The third kappa shape index (κ3) is 4.62. The number of carbonyl (C=O) groups is 1. The quantitative estimate of drug-likeness (QED) is 0.495. The summed E-state index contributed by atoms with van der Waals surface area (Å²) in [4.78, 5) is 15.6. The van der Waals surface area contributed by atoms with Crippen molar-refractivity contribution in [1.29, 1.82) is 0 Å². The average Bonchev–Trinajstić information content (AvgIpc) is 3.16. The molecule has 2 aliphatic rings. The Morgan fingerprint density at radius 1 is 1.17 bits per heavy atom. The van der Waals surface area contributed by atoms with E-state index < -0.39 is 11.2 Å². The van der Waals surface area contributed by atoms with Crippen molar-refractivity contribution in [3.63, 3.8) is 0 Å². The molecule has 0 saturated heterocycles. The van der Waals surface area contributed by atoms with E-state index in [1.807, 2.05) is 30.3 Å². The van der Waals surface area contributed by atoms with Crippen LogP contribution in [0.15, 0.2) is 59.5 Å². The molecule has 1 aliphatic heterocycles. The SMILES string of the molecule is C[S+]([O-])c1ccc(CNC(=O)c2ccc3c(c2)OCCN3c2cc(F)c3c(c2)CCC3(C)C)cc1. The van der Waals surface area contributed by atoms with Crippen LogP contribution in [0.25, 0.3) is 0 Å². The maximum atomic E-state index is 15.1. The van der Waals surface area contributed by atoms with E-state index in [4.69, 9.17) is 4.74 Å². The van der Waals surface area contributed by atoms with Crippen molar-refractivity contribution < 1.29 is 18.5 Å². The van der Waals surface area contributed by atoms with Gasteiger partial charge in [0, 0.05) is 17.8 Å². The topological polar surface area (TPSA) is 64.6 Å². The molecule has 1 N–H and O–H groups in total. The minimum atomic E-state index is -1.03. The number of halogens is 1. The van der Waals surface area contributed by atoms with E-state index >= 15 is 4.39 Å². The van der Waals surface area contributed by atoms with Crippen molar-refractivity contribution >= 4 is 28.5 Å². The van der Waals surface area contributed by atoms with Gasteiger partial charge in [-0.2, -0.15) is 0 Å². The van der Waals surface area contributed by atoms with Crippen LogP contribution in [0.1, 0.15) is 47.3 Å². The monoisotopic (exact) mass is 492 g/mol. The highest BCUT2D eigenvalue weighted by Crippen LogP contribution is 2.44. The Morgan fingerprint density at radius 3 is 2.69 bits per heavy atom. The Hall–Kier alpha value is -3.03. The van der Waals surface area contributed by atoms with E-state index in [1.165, 1.54) is 0 Å². The number of ether oxygens (including phenoxy) is 1. The van der Waals surface area contributed by atoms with Gasteiger partial charge >= 0.3 is 0 Å². The van der Waals surface area contributed by atoms with Gasteiger partial charge in [-0.25, -0.2) is 4.39 Å². The summed E-state index contributed by atoms with van der Waals surface area (Å²) in [7, 11) is 0. The number of aryl methyl sites for hydroxylation is 1. The summed E-state index contributed by atoms with van der Waals surface area (Å²) in [5, 5.41) is 2.92. The van der Waals surface area contributed by atoms with Crippen molar-refractivity contribution in [2.75, 3.05) is 24.3 Å². The summed E-state index contributed by atoms with van der Waals surface area (Å²) in [6.45, 7) is 5.62. The Morgan fingerprint density at radius 2 is 1.94 bits per heavy atom. The number of fused-ring (bicyclic) bond motifs is 2. The van der Waals surface area contributed by atoms with E-state index in [0.717, 1.165) is 45.8 Å². The lowest BCUT2D eigenvalue weighted by molar-refractivity contribution is 0.0950. The molecule has 5 nitrogen and oxygen atoms in total. The first-order chi connectivity index (χ1) is 16.7. The minimum Gasteiger partial charge on any atom is -0.612 e. The first-order valence-electron chi connectivity index (χ1n) is 11.8. The van der Waals surface area contributed by atoms with Crippen LogP contribution in [-0.4, -0.2) is 29.9 Å². The zero-order valence-corrected chi connectivity index (χ0v) is 21.0. The predicted molar refractivity (Wildman–Crippen MR) is 137 cm³/mol. The Labute approximate surface area is 208 Å². The summed E-state index contributed by atoms with van der Waals surface area (Å²) in [5.74, 6) is 0.254. The summed E-state index contributed by atoms with van der Waals surface area (Å²) in [5.41, 5.74) is 4.84. The molecule has 1 aliphatic carbocycles. The molecule has 0 fully saturated rings. The molecular weight excluding hydrogens is 463 g/mol. The van der Waals surface area contributed by atoms with E-state index in [1.54, 1.807) is 24.5 Å². The second kappa shape index (κ2) is 9.21. The van der Waals surface area contributed by atoms with E-state index in [2.05, 4.69) is 30.1 Å². The third-order valence-electron chi connectivity index (χ3n) is 6.96. The zero-order valence-electron chi connectivity index (χ0n) is 20.2. The maximum absolute atomic E-state index is 15.1. The van der Waals surface area contributed by atoms with Gasteiger partial charge in [-0.1, -0.05) is 26.0 Å². The van der Waals surface area contributed by atoms with Crippen LogP contribution in [0.2, 0.25) is 0 Å². The number of amides is 1. The molecule has 3 aromatic carbocycles. The van der Waals surface area contributed by atoms with Crippen LogP contribution in [0.5, 0.6) is 5.75 Å². The molecule has 0 aromatic heterocycles. The fourth-order valence-electron chi connectivity index (χ4n) is 5.04. The number of rotatable bonds is 5. The minimum absolute atomic E-state index is 0.139. The molecule has 0 bridgehead atoms. The van der Waals surface area contributed by atoms with E-state index in [9.17, 15) is 9.35 Å². The molecule has 5 rings (SSSR count). The summed E-state index contributed by atoms with van der Waals surface area (Å²) in [6.07, 6.45) is 3.46. The molecule has 1 amide bonds. The lowest BCUT2D eigenvalue weighted by Crippen LogP contribution is -2.29. The van der Waals surface area contributed by atoms with Gasteiger partial charge in [0.15, 0.2) is 4.90 Å². The lowest BCUT2D eigenvalue weighted by Gasteiger charge is -2.32. The molecule has 182 valence electrons. The number of anilines is 2. The molecule has 1 heterocycles. The molecular formula is C28H29FN2O3S. The van der Waals surface area contributed by atoms with Gasteiger partial charge in [-0.05, 0) is 88.6 Å². The van der Waals surface area contributed by atoms with Crippen LogP contribution < -0.4 is 15.0 Å². The molecule has 7 heteroatoms. The Bertz CT molecular complexity index is 1270. The highest BCUT2D eigenvalue weighted by molar-refractivity contribution is 7.90. The molecule has 1 atom stereocenters. The zero-order chi connectivity index (χ0) is 24.7. The number of carbonyl (C=O) groups excluding carboxylic acids is 1. The number of nitrogens with zero attached hydrogens (tertiary/aromatic N) is 1. The average molecular weight is 493 g/mol. The standard InChI is InChI=1S/C28H29FN2O3S/c1-28(2)11-10-19-14-21(16-23(29)26(19)28)31-12-13-34-25-15-20(6-9-24(25)31)27(32)30-17-18-4-7-22(8-5-18)35(3)33/h4-9,14-16H,10-13,17H2,1-3H3,(H,30,32). The largest absolute Gasteiger partial charge is 0.612 e. The molecule has 0 spiro atoms. The van der Waals surface area contributed by atoms with Crippen molar-refractivity contribution in [2.45, 2.75) is 43.5 Å². The highest BCUT2D eigenvalue weighted by atomic mass is 32.2. The number of nitrogens with one attached hydrogen (secondary N) is 1. The molecule has 3 aromatic rings. The number of hydrogen-bond donors (Lipinski definition) is 1. The van der Waals surface area contributed by atoms with Gasteiger partial charge in [0.25, 0.3) is 5.91 Å². The van der Waals surface area contributed by atoms with Crippen LogP contribution in [0, 0.1) is 5.82 Å². The van der Waals surface area contributed by atoms with Crippen molar-refractivity contribution in [2.24, 2.45) is 0 Å². The van der Waals surface area contributed by atoms with Crippen LogP contribution >= 0.6 is 0 Å². The summed E-state index contributed by atoms with van der Waals surface area (Å²) < 4.78 is 32.5. The van der Waals surface area contributed by atoms with Gasteiger partial charge in [0.05, 0.1) is 12.2 Å². The molecule has 1 unspecified atom stereocenters. The highest BCUT2D eigenvalue weighted by Gasteiger charge is 2.34. The maximum Gasteiger partial charge on any atom is 0.251 e. The van der Waals surface area contributed by atoms with Gasteiger partial charge < -0.3 is 19.5 Å². The predicted octanol–water partition coefficient (Wildman–Crippen LogP) is 5.25. The molecule has 35 heavy (non-hydrogen) atoms. The van der Waals surface area contributed by atoms with Crippen LogP contribution in [0.4, 0.5) is 15.8 Å². The fraction of sp³-hybridized carbons (Fsp3) is 0.321. The van der Waals surface area contributed by atoms with Crippen LogP contribution in [0.3, 0.4) is 0 Å². The molecule has 0 saturated carbocycles. The summed E-state index contributed by atoms with van der Waals surface area (Å²) >= 11 is -1.03. The molecule has 0 radical (unpaired) electrons. The van der Waals surface area contributed by atoms with Crippen LogP contribution in [-0.2, 0) is 29.6 Å². The fourth-order valence-corrected chi connectivity index (χ4v) is 5.56. The van der Waals surface area contributed by atoms with Gasteiger partial charge in [-0.15, -0.1) is 0 Å². The van der Waals surface area contributed by atoms with Crippen molar-refractivity contribution in [3.8, 4) is 5.75 Å². The van der Waals surface area contributed by atoms with E-state index in [-0.39, 0.29) is 17.1 Å². The number of benzene rings is 3. The first-order valence-corrected chi connectivity index (χ1v) is 13.4. The smallest absolute Gasteiger partial charge is 0.251 e. The Kier molecular flexibility index (Phi) is 6.23. The first kappa shape index (κ1) is 23.7. The summed E-state index contributed by atoms with van der Waals surface area (Å²) in [6, 6.07) is 16.4. The second-order valence-electron chi connectivity index (χ2n) is 9.81. The van der Waals surface area contributed by atoms with Gasteiger partial charge in [0.2, 0.25) is 0 Å². The van der Waals surface area contributed by atoms with Crippen molar-refractivity contribution in [1.82, 2.24) is 5.32 Å². The van der Waals surface area contributed by atoms with Crippen molar-refractivity contribution in [3.05, 3.63) is 82.7 Å². The van der Waals surface area contributed by atoms with E-state index in [0.29, 0.717) is 31.0 Å².